The number of aromatic hydroxyl groups is 1. The Bertz CT molecular complexity index is 753. The molecule has 2 rings (SSSR count). The number of ether oxygens (including phenoxy) is 2. The molecule has 2 aromatic carbocycles. The van der Waals surface area contributed by atoms with Crippen molar-refractivity contribution in [3.63, 3.8) is 0 Å². The van der Waals surface area contributed by atoms with Crippen LogP contribution in [0.15, 0.2) is 30.3 Å². The van der Waals surface area contributed by atoms with E-state index in [4.69, 9.17) is 9.47 Å². The van der Waals surface area contributed by atoms with Crippen molar-refractivity contribution in [3.8, 4) is 17.2 Å². The first-order valence-electron chi connectivity index (χ1n) is 8.14. The van der Waals surface area contributed by atoms with E-state index in [0.29, 0.717) is 24.3 Å². The van der Waals surface area contributed by atoms with Crippen molar-refractivity contribution < 1.29 is 23.8 Å². The molecule has 0 spiro atoms. The summed E-state index contributed by atoms with van der Waals surface area (Å²) in [5.41, 5.74) is 1.88. The van der Waals surface area contributed by atoms with Gasteiger partial charge < -0.3 is 14.6 Å². The molecule has 1 unspecified atom stereocenters. The van der Waals surface area contributed by atoms with Crippen LogP contribution in [0.5, 0.6) is 17.2 Å². The number of phenols is 1. The molecule has 0 aliphatic heterocycles. The smallest absolute Gasteiger partial charge is 0.204 e. The van der Waals surface area contributed by atoms with Crippen LogP contribution in [0.1, 0.15) is 47.7 Å². The lowest BCUT2D eigenvalue weighted by Gasteiger charge is -2.17. The van der Waals surface area contributed by atoms with Crippen LogP contribution < -0.4 is 9.47 Å². The Balaban J connectivity index is 2.13. The summed E-state index contributed by atoms with van der Waals surface area (Å²) < 4.78 is 24.0. The maximum absolute atomic E-state index is 13.0. The Morgan fingerprint density at radius 2 is 1.92 bits per heavy atom. The molecule has 0 fully saturated rings. The standard InChI is InChI=1S/C20H23FO4/c1-12(15-5-7-16(21)8-6-15)9-10-25-20-17(24-4)11-13(2)18(14(3)22)19(20)23/h5-8,11-12,23H,9-10H2,1-4H3. The highest BCUT2D eigenvalue weighted by molar-refractivity contribution is 5.99. The molecule has 0 saturated heterocycles. The summed E-state index contributed by atoms with van der Waals surface area (Å²) in [7, 11) is 1.48. The summed E-state index contributed by atoms with van der Waals surface area (Å²) in [6, 6.07) is 8.03. The van der Waals surface area contributed by atoms with Crippen LogP contribution >= 0.6 is 0 Å². The minimum atomic E-state index is -0.265. The highest BCUT2D eigenvalue weighted by atomic mass is 19.1. The van der Waals surface area contributed by atoms with Crippen molar-refractivity contribution in [3.05, 3.63) is 52.8 Å². The number of benzene rings is 2. The second-order valence-electron chi connectivity index (χ2n) is 6.09. The molecule has 1 N–H and O–H groups in total. The first-order chi connectivity index (χ1) is 11.8. The number of rotatable bonds is 7. The molecule has 0 heterocycles. The van der Waals surface area contributed by atoms with E-state index in [1.165, 1.54) is 26.2 Å². The molecule has 0 aromatic heterocycles. The third-order valence-corrected chi connectivity index (χ3v) is 4.23. The molecular formula is C20H23FO4. The lowest BCUT2D eigenvalue weighted by atomic mass is 9.98. The third kappa shape index (κ3) is 4.29. The van der Waals surface area contributed by atoms with E-state index < -0.39 is 0 Å². The number of hydrogen-bond donors (Lipinski definition) is 1. The van der Waals surface area contributed by atoms with Crippen molar-refractivity contribution in [2.75, 3.05) is 13.7 Å². The lowest BCUT2D eigenvalue weighted by molar-refractivity contribution is 0.101. The number of halogens is 1. The SMILES string of the molecule is COc1cc(C)c(C(C)=O)c(O)c1OCCC(C)c1ccc(F)cc1. The van der Waals surface area contributed by atoms with Gasteiger partial charge in [0.15, 0.2) is 17.3 Å². The average molecular weight is 346 g/mol. The van der Waals surface area contributed by atoms with Gasteiger partial charge in [0.05, 0.1) is 19.3 Å². The van der Waals surface area contributed by atoms with Gasteiger partial charge in [-0.1, -0.05) is 19.1 Å². The van der Waals surface area contributed by atoms with Crippen LogP contribution in [0.25, 0.3) is 0 Å². The maximum atomic E-state index is 13.0. The number of carbonyl (C=O) groups excluding carboxylic acids is 1. The molecule has 25 heavy (non-hydrogen) atoms. The van der Waals surface area contributed by atoms with Crippen molar-refractivity contribution >= 4 is 5.78 Å². The minimum Gasteiger partial charge on any atom is -0.504 e. The van der Waals surface area contributed by atoms with Gasteiger partial charge in [-0.15, -0.1) is 0 Å². The topological polar surface area (TPSA) is 55.8 Å². The fourth-order valence-electron chi connectivity index (χ4n) is 2.78. The minimum absolute atomic E-state index is 0.159. The number of Topliss-reactive ketones (excluding diaryl/α,β-unsaturated/α-hetero) is 1. The van der Waals surface area contributed by atoms with E-state index in [-0.39, 0.29) is 34.6 Å². The molecule has 0 amide bonds. The highest BCUT2D eigenvalue weighted by Gasteiger charge is 2.20. The lowest BCUT2D eigenvalue weighted by Crippen LogP contribution is -2.07. The fourth-order valence-corrected chi connectivity index (χ4v) is 2.78. The van der Waals surface area contributed by atoms with Gasteiger partial charge in [-0.2, -0.15) is 0 Å². The van der Waals surface area contributed by atoms with E-state index in [2.05, 4.69) is 0 Å². The van der Waals surface area contributed by atoms with Gasteiger partial charge in [-0.25, -0.2) is 4.39 Å². The second-order valence-corrected chi connectivity index (χ2v) is 6.09. The van der Waals surface area contributed by atoms with E-state index in [1.807, 2.05) is 6.92 Å². The zero-order valence-corrected chi connectivity index (χ0v) is 14.9. The predicted molar refractivity (Wildman–Crippen MR) is 94.3 cm³/mol. The number of aryl methyl sites for hydroxylation is 1. The first kappa shape index (κ1) is 18.8. The molecule has 0 aliphatic rings. The van der Waals surface area contributed by atoms with E-state index >= 15 is 0 Å². The van der Waals surface area contributed by atoms with Crippen LogP contribution in [0, 0.1) is 12.7 Å². The summed E-state index contributed by atoms with van der Waals surface area (Å²) in [5, 5.41) is 10.4. The average Bonchev–Trinajstić information content (AvgIpc) is 2.56. The Morgan fingerprint density at radius 1 is 1.28 bits per heavy atom. The van der Waals surface area contributed by atoms with E-state index in [1.54, 1.807) is 25.1 Å². The summed E-state index contributed by atoms with van der Waals surface area (Å²) in [5.74, 6) is 0.0183. The maximum Gasteiger partial charge on any atom is 0.204 e. The van der Waals surface area contributed by atoms with E-state index in [0.717, 1.165) is 5.56 Å². The van der Waals surface area contributed by atoms with Crippen molar-refractivity contribution in [2.45, 2.75) is 33.1 Å². The molecule has 0 bridgehead atoms. The molecule has 0 aliphatic carbocycles. The molecule has 134 valence electrons. The fraction of sp³-hybridized carbons (Fsp3) is 0.350. The van der Waals surface area contributed by atoms with E-state index in [9.17, 15) is 14.3 Å². The Labute approximate surface area is 147 Å². The van der Waals surface area contributed by atoms with Gasteiger partial charge in [0.25, 0.3) is 0 Å². The van der Waals surface area contributed by atoms with Gasteiger partial charge in [-0.05, 0) is 55.5 Å². The first-order valence-corrected chi connectivity index (χ1v) is 8.14. The molecule has 5 heteroatoms. The van der Waals surface area contributed by atoms with Crippen molar-refractivity contribution in [1.82, 2.24) is 0 Å². The molecule has 1 atom stereocenters. The number of hydrogen-bond acceptors (Lipinski definition) is 4. The number of carbonyl (C=O) groups is 1. The quantitative estimate of drug-likeness (QED) is 0.743. The van der Waals surface area contributed by atoms with Gasteiger partial charge in [0.2, 0.25) is 5.75 Å². The van der Waals surface area contributed by atoms with Crippen molar-refractivity contribution in [1.29, 1.82) is 0 Å². The van der Waals surface area contributed by atoms with Gasteiger partial charge in [-0.3, -0.25) is 4.79 Å². The molecule has 2 aromatic rings. The van der Waals surface area contributed by atoms with Crippen LogP contribution in [-0.2, 0) is 0 Å². The summed E-state index contributed by atoms with van der Waals surface area (Å²) in [6.07, 6.45) is 0.664. The Kier molecular flexibility index (Phi) is 6.02. The largest absolute Gasteiger partial charge is 0.504 e. The van der Waals surface area contributed by atoms with Crippen LogP contribution in [-0.4, -0.2) is 24.6 Å². The zero-order valence-electron chi connectivity index (χ0n) is 14.9. The van der Waals surface area contributed by atoms with Crippen LogP contribution in [0.3, 0.4) is 0 Å². The van der Waals surface area contributed by atoms with Crippen molar-refractivity contribution in [2.24, 2.45) is 0 Å². The molecule has 4 nitrogen and oxygen atoms in total. The third-order valence-electron chi connectivity index (χ3n) is 4.23. The molecular weight excluding hydrogens is 323 g/mol. The Hall–Kier alpha value is -2.56. The Morgan fingerprint density at radius 3 is 2.48 bits per heavy atom. The zero-order chi connectivity index (χ0) is 18.6. The molecule has 0 saturated carbocycles. The predicted octanol–water partition coefficient (Wildman–Crippen LogP) is 4.62. The summed E-state index contributed by atoms with van der Waals surface area (Å²) in [4.78, 5) is 11.7. The van der Waals surface area contributed by atoms with Crippen LogP contribution in [0.2, 0.25) is 0 Å². The summed E-state index contributed by atoms with van der Waals surface area (Å²) in [6.45, 7) is 5.47. The van der Waals surface area contributed by atoms with Gasteiger partial charge in [0, 0.05) is 0 Å². The monoisotopic (exact) mass is 346 g/mol. The second kappa shape index (κ2) is 8.01. The number of ketones is 1. The molecule has 0 radical (unpaired) electrons. The van der Waals surface area contributed by atoms with Gasteiger partial charge in [0.1, 0.15) is 5.82 Å². The van der Waals surface area contributed by atoms with Gasteiger partial charge >= 0.3 is 0 Å². The summed E-state index contributed by atoms with van der Waals surface area (Å²) >= 11 is 0. The van der Waals surface area contributed by atoms with Crippen LogP contribution in [0.4, 0.5) is 4.39 Å². The normalized spacial score (nSPS) is 11.9. The number of phenolic OH excluding ortho intramolecular Hbond substituents is 1. The highest BCUT2D eigenvalue weighted by Crippen LogP contribution is 2.41. The number of methoxy groups -OCH3 is 1.